The Kier molecular flexibility index (Phi) is 4.95. The second-order valence-corrected chi connectivity index (χ2v) is 7.97. The van der Waals surface area contributed by atoms with E-state index in [1.54, 1.807) is 30.4 Å². The average Bonchev–Trinajstić information content (AvgIpc) is 3.21. The molecule has 0 radical (unpaired) electrons. The van der Waals surface area contributed by atoms with Gasteiger partial charge < -0.3 is 4.42 Å². The van der Waals surface area contributed by atoms with E-state index in [1.807, 2.05) is 0 Å². The molecule has 0 bridgehead atoms. The molecule has 0 N–H and O–H groups in total. The van der Waals surface area contributed by atoms with Gasteiger partial charge in [0.15, 0.2) is 12.3 Å². The van der Waals surface area contributed by atoms with E-state index in [4.69, 9.17) is 4.42 Å². The molecular weight excluding hydrogens is 412 g/mol. The van der Waals surface area contributed by atoms with Crippen molar-refractivity contribution in [3.63, 3.8) is 0 Å². The van der Waals surface area contributed by atoms with Gasteiger partial charge in [0.2, 0.25) is 5.78 Å². The summed E-state index contributed by atoms with van der Waals surface area (Å²) in [7, 11) is 0. The van der Waals surface area contributed by atoms with Crippen LogP contribution >= 0.6 is 15.9 Å². The first-order valence-electron chi connectivity index (χ1n) is 9.20. The highest BCUT2D eigenvalue weighted by atomic mass is 79.9. The molecule has 6 nitrogen and oxygen atoms in total. The normalized spacial score (nSPS) is 23.5. The molecule has 1 saturated carbocycles. The number of allylic oxidation sites excluding steroid dienone is 3. The lowest BCUT2D eigenvalue weighted by Crippen LogP contribution is -2.58. The zero-order valence-electron chi connectivity index (χ0n) is 14.8. The second kappa shape index (κ2) is 7.38. The van der Waals surface area contributed by atoms with Gasteiger partial charge in [-0.1, -0.05) is 22.4 Å². The van der Waals surface area contributed by atoms with E-state index in [0.717, 1.165) is 36.6 Å². The summed E-state index contributed by atoms with van der Waals surface area (Å²) in [4.78, 5) is 40.3. The standard InChI is InChI=1S/C20H20BrN2O4/c21-13-8-9-16-15(11-13)19(25)23(14-5-2-1-3-6-14)20(26)22(16)12-17(24)18-7-4-10-27-18/h4,7-11,14-15H,1-3,5-6,12H2/q+1. The average molecular weight is 432 g/mol. The summed E-state index contributed by atoms with van der Waals surface area (Å²) >= 11 is 3.42. The third-order valence-electron chi connectivity index (χ3n) is 5.35. The van der Waals surface area contributed by atoms with E-state index >= 15 is 0 Å². The predicted molar refractivity (Wildman–Crippen MR) is 102 cm³/mol. The Hall–Kier alpha value is -2.28. The molecule has 2 heterocycles. The molecule has 1 aromatic heterocycles. The Morgan fingerprint density at radius 1 is 1.22 bits per heavy atom. The van der Waals surface area contributed by atoms with Crippen LogP contribution in [0.2, 0.25) is 0 Å². The summed E-state index contributed by atoms with van der Waals surface area (Å²) in [6.45, 7) is -0.148. The quantitative estimate of drug-likeness (QED) is 0.538. The van der Waals surface area contributed by atoms with E-state index in [9.17, 15) is 14.4 Å². The van der Waals surface area contributed by atoms with Crippen molar-refractivity contribution >= 4 is 39.4 Å². The fourth-order valence-corrected chi connectivity index (χ4v) is 4.40. The molecule has 0 aromatic carbocycles. The number of fused-ring (bicyclic) bond motifs is 1. The number of ketones is 1. The minimum Gasteiger partial charge on any atom is -0.461 e. The Labute approximate surface area is 165 Å². The second-order valence-electron chi connectivity index (χ2n) is 7.06. The molecule has 1 aromatic rings. The Bertz CT molecular complexity index is 876. The van der Waals surface area contributed by atoms with Crippen LogP contribution in [-0.4, -0.2) is 45.5 Å². The molecule has 3 aliphatic rings. The number of Topliss-reactive ketones (excluding diaryl/α,β-unsaturated/α-hetero) is 1. The Balaban J connectivity index is 1.72. The van der Waals surface area contributed by atoms with Crippen molar-refractivity contribution in [3.8, 4) is 0 Å². The highest BCUT2D eigenvalue weighted by molar-refractivity contribution is 9.11. The number of furan rings is 1. The summed E-state index contributed by atoms with van der Waals surface area (Å²) in [6, 6.07) is 2.71. The predicted octanol–water partition coefficient (Wildman–Crippen LogP) is 3.68. The van der Waals surface area contributed by atoms with Crippen molar-refractivity contribution in [3.05, 3.63) is 46.9 Å². The van der Waals surface area contributed by atoms with Crippen LogP contribution in [0.1, 0.15) is 42.7 Å². The number of amides is 3. The fourth-order valence-electron chi connectivity index (χ4n) is 4.00. The van der Waals surface area contributed by atoms with E-state index in [-0.39, 0.29) is 30.0 Å². The van der Waals surface area contributed by atoms with Crippen LogP contribution in [0.4, 0.5) is 4.79 Å². The summed E-state index contributed by atoms with van der Waals surface area (Å²) in [5, 5.41) is 0. The largest absolute Gasteiger partial charge is 0.501 e. The van der Waals surface area contributed by atoms with Gasteiger partial charge in [0.05, 0.1) is 6.26 Å². The van der Waals surface area contributed by atoms with Crippen molar-refractivity contribution in [1.29, 1.82) is 0 Å². The van der Waals surface area contributed by atoms with Crippen LogP contribution in [0.5, 0.6) is 0 Å². The summed E-state index contributed by atoms with van der Waals surface area (Å²) < 4.78 is 7.39. The topological polar surface area (TPSA) is 70.6 Å². The number of imide groups is 1. The summed E-state index contributed by atoms with van der Waals surface area (Å²) in [5.41, 5.74) is 0.542. The monoisotopic (exact) mass is 431 g/mol. The lowest BCUT2D eigenvalue weighted by Gasteiger charge is -2.33. The maximum Gasteiger partial charge on any atom is 0.501 e. The van der Waals surface area contributed by atoms with Gasteiger partial charge in [-0.3, -0.25) is 4.79 Å². The van der Waals surface area contributed by atoms with Crippen LogP contribution in [-0.2, 0) is 4.79 Å². The molecule has 0 saturated heterocycles. The van der Waals surface area contributed by atoms with Crippen LogP contribution in [0.15, 0.2) is 45.5 Å². The maximum absolute atomic E-state index is 13.2. The van der Waals surface area contributed by atoms with Crippen molar-refractivity contribution in [1.82, 2.24) is 4.90 Å². The molecule has 0 spiro atoms. The first kappa shape index (κ1) is 18.1. The molecule has 2 aliphatic carbocycles. The van der Waals surface area contributed by atoms with Gasteiger partial charge in [-0.15, -0.1) is 0 Å². The third kappa shape index (κ3) is 3.36. The van der Waals surface area contributed by atoms with Crippen LogP contribution in [0.3, 0.4) is 0 Å². The Morgan fingerprint density at radius 2 is 2.00 bits per heavy atom. The van der Waals surface area contributed by atoms with E-state index < -0.39 is 11.9 Å². The lowest BCUT2D eigenvalue weighted by molar-refractivity contribution is -0.426. The maximum atomic E-state index is 13.2. The molecule has 1 atom stereocenters. The minimum absolute atomic E-state index is 0.0976. The molecular formula is C20H20BrN2O4+. The van der Waals surface area contributed by atoms with Crippen LogP contribution in [0, 0.1) is 5.92 Å². The summed E-state index contributed by atoms with van der Waals surface area (Å²) in [5.74, 6) is -0.851. The first-order valence-corrected chi connectivity index (χ1v) is 9.99. The SMILES string of the molecule is O=C(C[N+]1=C2C=CC(Br)=CC2C(=O)N(C2CCCCC2)C1=O)c1ccco1. The van der Waals surface area contributed by atoms with Gasteiger partial charge in [0, 0.05) is 4.48 Å². The zero-order chi connectivity index (χ0) is 19.0. The van der Waals surface area contributed by atoms with Crippen LogP contribution < -0.4 is 0 Å². The van der Waals surface area contributed by atoms with E-state index in [0.29, 0.717) is 5.71 Å². The molecule has 1 unspecified atom stereocenters. The van der Waals surface area contributed by atoms with Crippen molar-refractivity contribution in [2.45, 2.75) is 38.1 Å². The number of rotatable bonds is 4. The van der Waals surface area contributed by atoms with Gasteiger partial charge in [-0.25, -0.2) is 4.79 Å². The van der Waals surface area contributed by atoms with Crippen molar-refractivity contribution < 1.29 is 23.4 Å². The smallest absolute Gasteiger partial charge is 0.461 e. The van der Waals surface area contributed by atoms with Crippen LogP contribution in [0.25, 0.3) is 0 Å². The van der Waals surface area contributed by atoms with Gasteiger partial charge in [0.25, 0.3) is 0 Å². The molecule has 1 fully saturated rings. The minimum atomic E-state index is -0.562. The molecule has 1 aliphatic heterocycles. The molecule has 4 rings (SSSR count). The molecule has 27 heavy (non-hydrogen) atoms. The van der Waals surface area contributed by atoms with Gasteiger partial charge in [0.1, 0.15) is 17.7 Å². The zero-order valence-corrected chi connectivity index (χ0v) is 16.4. The van der Waals surface area contributed by atoms with Gasteiger partial charge >= 0.3 is 11.9 Å². The number of hydrogen-bond donors (Lipinski definition) is 0. The summed E-state index contributed by atoms with van der Waals surface area (Å²) in [6.07, 6.45) is 11.5. The molecule has 3 amide bonds. The highest BCUT2D eigenvalue weighted by Crippen LogP contribution is 2.30. The number of carbonyl (C=O) groups is 3. The third-order valence-corrected chi connectivity index (χ3v) is 5.88. The lowest BCUT2D eigenvalue weighted by atomic mass is 9.89. The van der Waals surface area contributed by atoms with Gasteiger partial charge in [-0.05, 0) is 56.0 Å². The van der Waals surface area contributed by atoms with E-state index in [2.05, 4.69) is 15.9 Å². The highest BCUT2D eigenvalue weighted by Gasteiger charge is 2.50. The number of carbonyl (C=O) groups excluding carboxylic acids is 3. The number of halogens is 1. The first-order chi connectivity index (χ1) is 13.1. The fraction of sp³-hybridized carbons (Fsp3) is 0.400. The molecule has 7 heteroatoms. The van der Waals surface area contributed by atoms with Gasteiger partial charge in [-0.2, -0.15) is 14.3 Å². The number of nitrogens with zero attached hydrogens (tertiary/aromatic N) is 2. The number of urea groups is 1. The number of hydrogen-bond acceptors (Lipinski definition) is 4. The van der Waals surface area contributed by atoms with Crippen molar-refractivity contribution in [2.75, 3.05) is 6.54 Å². The van der Waals surface area contributed by atoms with Crippen molar-refractivity contribution in [2.24, 2.45) is 5.92 Å². The molecule has 140 valence electrons. The van der Waals surface area contributed by atoms with E-state index in [1.165, 1.54) is 15.7 Å². The Morgan fingerprint density at radius 3 is 2.70 bits per heavy atom.